The van der Waals surface area contributed by atoms with Crippen molar-refractivity contribution in [1.29, 1.82) is 0 Å². The van der Waals surface area contributed by atoms with E-state index in [4.69, 9.17) is 26.6 Å². The summed E-state index contributed by atoms with van der Waals surface area (Å²) in [5.74, 6) is -2.41. The number of hydrogen-bond acceptors (Lipinski definition) is 4. The first-order valence-electron chi connectivity index (χ1n) is 6.17. The Morgan fingerprint density at radius 3 is 2.28 bits per heavy atom. The zero-order valence-electron chi connectivity index (χ0n) is 12.1. The van der Waals surface area contributed by atoms with Crippen molar-refractivity contribution in [1.82, 2.24) is 0 Å². The molecule has 0 aliphatic rings. The van der Waals surface area contributed by atoms with Crippen LogP contribution in [0, 0.1) is 15.2 Å². The molecule has 5 N–H and O–H groups in total. The number of carbonyl (C=O) groups is 1. The number of anilines is 3. The standard InChI is InChI=1S/C12H9ClF2IN3O2S.CH2O2/c13-7-5-6(16)1-3-9(7)18-12-10(19-22(17,20)21)4-2-8(14)11(12)15;2-1-3/h1-5,18-19H,(H2,17,20,21);1H,(H,2,3). The van der Waals surface area contributed by atoms with Crippen molar-refractivity contribution in [3.05, 3.63) is 50.6 Å². The van der Waals surface area contributed by atoms with E-state index in [9.17, 15) is 17.2 Å². The number of rotatable bonds is 4. The van der Waals surface area contributed by atoms with E-state index in [1.807, 2.05) is 27.3 Å². The van der Waals surface area contributed by atoms with Gasteiger partial charge in [-0.15, -0.1) is 0 Å². The molecule has 0 aliphatic heterocycles. The minimum absolute atomic E-state index is 0.240. The predicted molar refractivity (Wildman–Crippen MR) is 99.2 cm³/mol. The maximum atomic E-state index is 14.0. The van der Waals surface area contributed by atoms with Crippen molar-refractivity contribution in [2.75, 3.05) is 10.0 Å². The van der Waals surface area contributed by atoms with Crippen LogP contribution in [0.1, 0.15) is 0 Å². The average Bonchev–Trinajstić information content (AvgIpc) is 2.48. The quantitative estimate of drug-likeness (QED) is 0.375. The molecule has 0 saturated carbocycles. The van der Waals surface area contributed by atoms with Crippen LogP contribution in [0.4, 0.5) is 25.8 Å². The molecule has 0 amide bonds. The number of carboxylic acid groups (broad SMARTS) is 1. The molecule has 0 unspecified atom stereocenters. The smallest absolute Gasteiger partial charge is 0.296 e. The van der Waals surface area contributed by atoms with E-state index in [0.717, 1.165) is 15.7 Å². The van der Waals surface area contributed by atoms with Crippen LogP contribution in [0.15, 0.2) is 30.3 Å². The molecule has 0 radical (unpaired) electrons. The normalized spacial score (nSPS) is 10.4. The molecule has 2 aromatic carbocycles. The van der Waals surface area contributed by atoms with Crippen LogP contribution in [0.25, 0.3) is 0 Å². The maximum Gasteiger partial charge on any atom is 0.296 e. The van der Waals surface area contributed by atoms with Gasteiger partial charge in [0.25, 0.3) is 16.7 Å². The van der Waals surface area contributed by atoms with Crippen LogP contribution < -0.4 is 15.2 Å². The highest BCUT2D eigenvalue weighted by Crippen LogP contribution is 2.34. The van der Waals surface area contributed by atoms with Crippen molar-refractivity contribution in [2.24, 2.45) is 5.14 Å². The first-order valence-corrected chi connectivity index (χ1v) is 9.17. The minimum atomic E-state index is -4.15. The molecule has 7 nitrogen and oxygen atoms in total. The van der Waals surface area contributed by atoms with E-state index < -0.39 is 27.5 Å². The van der Waals surface area contributed by atoms with Gasteiger partial charge in [-0.3, -0.25) is 9.52 Å². The lowest BCUT2D eigenvalue weighted by Gasteiger charge is -2.15. The molecule has 0 aliphatic carbocycles. The first-order chi connectivity index (χ1) is 11.6. The lowest BCUT2D eigenvalue weighted by molar-refractivity contribution is -0.122. The Hall–Kier alpha value is -1.70. The van der Waals surface area contributed by atoms with Crippen LogP contribution in [0.2, 0.25) is 5.02 Å². The van der Waals surface area contributed by atoms with E-state index in [1.54, 1.807) is 18.2 Å². The third-order valence-electron chi connectivity index (χ3n) is 2.54. The van der Waals surface area contributed by atoms with Gasteiger partial charge in [0.2, 0.25) is 0 Å². The molecule has 0 saturated heterocycles. The SMILES string of the molecule is NS(=O)(=O)Nc1ccc(F)c(F)c1Nc1ccc(I)cc1Cl.O=CO. The summed E-state index contributed by atoms with van der Waals surface area (Å²) < 4.78 is 52.3. The fourth-order valence-corrected chi connectivity index (χ4v) is 3.02. The molecular weight excluding hydrogens is 495 g/mol. The van der Waals surface area contributed by atoms with Gasteiger partial charge < -0.3 is 10.4 Å². The van der Waals surface area contributed by atoms with Gasteiger partial charge in [-0.05, 0) is 52.9 Å². The summed E-state index contributed by atoms with van der Waals surface area (Å²) in [5, 5.41) is 14.6. The summed E-state index contributed by atoms with van der Waals surface area (Å²) in [5.41, 5.74) is -0.378. The van der Waals surface area contributed by atoms with E-state index in [-0.39, 0.29) is 22.9 Å². The Kier molecular flexibility index (Phi) is 7.79. The Labute approximate surface area is 160 Å². The Bertz CT molecular complexity index is 884. The van der Waals surface area contributed by atoms with Crippen LogP contribution in [-0.2, 0) is 15.0 Å². The van der Waals surface area contributed by atoms with Gasteiger partial charge in [-0.25, -0.2) is 13.9 Å². The Morgan fingerprint density at radius 1 is 1.20 bits per heavy atom. The molecule has 0 atom stereocenters. The number of benzene rings is 2. The van der Waals surface area contributed by atoms with Crippen molar-refractivity contribution >= 4 is 67.9 Å². The topological polar surface area (TPSA) is 122 Å². The highest BCUT2D eigenvalue weighted by atomic mass is 127. The Morgan fingerprint density at radius 2 is 1.76 bits per heavy atom. The van der Waals surface area contributed by atoms with Crippen LogP contribution in [0.3, 0.4) is 0 Å². The van der Waals surface area contributed by atoms with Gasteiger partial charge in [0.1, 0.15) is 5.69 Å². The summed E-state index contributed by atoms with van der Waals surface area (Å²) in [4.78, 5) is 8.36. The van der Waals surface area contributed by atoms with Gasteiger partial charge >= 0.3 is 0 Å². The fraction of sp³-hybridized carbons (Fsp3) is 0. The highest BCUT2D eigenvalue weighted by Gasteiger charge is 2.17. The monoisotopic (exact) mass is 505 g/mol. The lowest BCUT2D eigenvalue weighted by Crippen LogP contribution is -2.22. The van der Waals surface area contributed by atoms with Crippen molar-refractivity contribution < 1.29 is 27.1 Å². The first kappa shape index (κ1) is 21.3. The molecule has 25 heavy (non-hydrogen) atoms. The predicted octanol–water partition coefficient (Wildman–Crippen LogP) is 3.28. The summed E-state index contributed by atoms with van der Waals surface area (Å²) >= 11 is 8.05. The molecule has 0 spiro atoms. The molecular formula is C13H11ClF2IN3O4S. The van der Waals surface area contributed by atoms with Crippen molar-refractivity contribution in [3.63, 3.8) is 0 Å². The molecule has 0 bridgehead atoms. The zero-order valence-corrected chi connectivity index (χ0v) is 15.9. The third-order valence-corrected chi connectivity index (χ3v) is 4.03. The van der Waals surface area contributed by atoms with Gasteiger partial charge in [0, 0.05) is 3.57 Å². The maximum absolute atomic E-state index is 14.0. The van der Waals surface area contributed by atoms with Crippen molar-refractivity contribution in [3.8, 4) is 0 Å². The molecule has 12 heteroatoms. The minimum Gasteiger partial charge on any atom is -0.483 e. The number of nitrogens with one attached hydrogen (secondary N) is 2. The lowest BCUT2D eigenvalue weighted by atomic mass is 10.2. The van der Waals surface area contributed by atoms with E-state index >= 15 is 0 Å². The van der Waals surface area contributed by atoms with Crippen LogP contribution in [-0.4, -0.2) is 20.0 Å². The summed E-state index contributed by atoms with van der Waals surface area (Å²) in [6.07, 6.45) is 0. The van der Waals surface area contributed by atoms with Crippen molar-refractivity contribution in [2.45, 2.75) is 0 Å². The van der Waals surface area contributed by atoms with E-state index in [2.05, 4.69) is 5.32 Å². The van der Waals surface area contributed by atoms with Gasteiger partial charge in [0.15, 0.2) is 11.6 Å². The molecule has 0 aromatic heterocycles. The highest BCUT2D eigenvalue weighted by molar-refractivity contribution is 14.1. The Balaban J connectivity index is 0.000000970. The largest absolute Gasteiger partial charge is 0.483 e. The molecule has 0 fully saturated rings. The number of halogens is 4. The van der Waals surface area contributed by atoms with E-state index in [1.165, 1.54) is 0 Å². The van der Waals surface area contributed by atoms with Crippen LogP contribution >= 0.6 is 34.2 Å². The summed E-state index contributed by atoms with van der Waals surface area (Å²) in [6, 6.07) is 6.68. The van der Waals surface area contributed by atoms with Gasteiger partial charge in [-0.1, -0.05) is 11.6 Å². The second kappa shape index (κ2) is 9.12. The number of nitrogens with two attached hydrogens (primary N) is 1. The second-order valence-corrected chi connectivity index (χ2v) is 7.23. The third kappa shape index (κ3) is 6.61. The van der Waals surface area contributed by atoms with Gasteiger partial charge in [-0.2, -0.15) is 8.42 Å². The fourth-order valence-electron chi connectivity index (χ4n) is 1.64. The molecule has 2 rings (SSSR count). The van der Waals surface area contributed by atoms with Crippen LogP contribution in [0.5, 0.6) is 0 Å². The molecule has 136 valence electrons. The number of hydrogen-bond donors (Lipinski definition) is 4. The summed E-state index contributed by atoms with van der Waals surface area (Å²) in [6.45, 7) is -0.250. The summed E-state index contributed by atoms with van der Waals surface area (Å²) in [7, 11) is -4.15. The average molecular weight is 506 g/mol. The zero-order chi connectivity index (χ0) is 19.2. The van der Waals surface area contributed by atoms with Gasteiger partial charge in [0.05, 0.1) is 16.4 Å². The van der Waals surface area contributed by atoms with E-state index in [0.29, 0.717) is 0 Å². The second-order valence-electron chi connectivity index (χ2n) is 4.29. The molecule has 0 heterocycles. The molecule has 2 aromatic rings.